The number of benzene rings is 1. The van der Waals surface area contributed by atoms with Gasteiger partial charge in [-0.2, -0.15) is 0 Å². The van der Waals surface area contributed by atoms with Gasteiger partial charge < -0.3 is 15.2 Å². The molecule has 0 aliphatic heterocycles. The number of nitrogens with zero attached hydrogens (tertiary/aromatic N) is 1. The van der Waals surface area contributed by atoms with Crippen LogP contribution in [0.3, 0.4) is 0 Å². The summed E-state index contributed by atoms with van der Waals surface area (Å²) in [5, 5.41) is 11.6. The Morgan fingerprint density at radius 1 is 1.33 bits per heavy atom. The van der Waals surface area contributed by atoms with Gasteiger partial charge in [0.05, 0.1) is 7.11 Å². The Morgan fingerprint density at radius 2 is 1.96 bits per heavy atom. The average molecular weight is 356 g/mol. The third-order valence-electron chi connectivity index (χ3n) is 3.83. The lowest BCUT2D eigenvalue weighted by molar-refractivity contribution is -0.139. The van der Waals surface area contributed by atoms with Gasteiger partial charge in [0.15, 0.2) is 0 Å². The first kappa shape index (κ1) is 18.2. The third-order valence-corrected chi connectivity index (χ3v) is 5.67. The first-order chi connectivity index (χ1) is 11.2. The summed E-state index contributed by atoms with van der Waals surface area (Å²) in [6.45, 7) is 0. The maximum atomic E-state index is 12.4. The van der Waals surface area contributed by atoms with Crippen molar-refractivity contribution in [3.63, 3.8) is 0 Å². The van der Waals surface area contributed by atoms with E-state index < -0.39 is 27.9 Å². The number of hydrogen-bond acceptors (Lipinski definition) is 5. The van der Waals surface area contributed by atoms with E-state index in [1.54, 1.807) is 0 Å². The van der Waals surface area contributed by atoms with Gasteiger partial charge in [0, 0.05) is 19.7 Å². The summed E-state index contributed by atoms with van der Waals surface area (Å²) in [5.74, 6) is -1.69. The lowest BCUT2D eigenvalue weighted by Gasteiger charge is -2.17. The number of carbonyl (C=O) groups excluding carboxylic acids is 1. The molecule has 1 saturated carbocycles. The van der Waals surface area contributed by atoms with Gasteiger partial charge in [-0.05, 0) is 37.0 Å². The molecule has 0 saturated heterocycles. The van der Waals surface area contributed by atoms with Gasteiger partial charge in [-0.1, -0.05) is 0 Å². The Labute approximate surface area is 140 Å². The average Bonchev–Trinajstić information content (AvgIpc) is 3.35. The molecule has 0 bridgehead atoms. The van der Waals surface area contributed by atoms with Gasteiger partial charge in [0.2, 0.25) is 10.0 Å². The summed E-state index contributed by atoms with van der Waals surface area (Å²) >= 11 is 0. The van der Waals surface area contributed by atoms with E-state index >= 15 is 0 Å². The number of carboxylic acid groups (broad SMARTS) is 1. The van der Waals surface area contributed by atoms with Crippen molar-refractivity contribution in [3.05, 3.63) is 23.8 Å². The number of carboxylic acids is 1. The van der Waals surface area contributed by atoms with Crippen LogP contribution >= 0.6 is 0 Å². The van der Waals surface area contributed by atoms with Crippen LogP contribution in [0.15, 0.2) is 23.1 Å². The number of sulfonamides is 1. The molecule has 1 atom stereocenters. The van der Waals surface area contributed by atoms with Crippen LogP contribution < -0.4 is 10.1 Å². The number of methoxy groups -OCH3 is 1. The standard InChI is InChI=1S/C15H20N2O6S/c1-17(2)24(21,22)12-8-10(6-7-11(12)23-3)14(18)16-13(15(19)20)9-4-5-9/h6-9,13H,4-5H2,1-3H3,(H,16,18)(H,19,20). The van der Waals surface area contributed by atoms with E-state index in [1.165, 1.54) is 39.4 Å². The minimum atomic E-state index is -3.81. The van der Waals surface area contributed by atoms with E-state index in [0.29, 0.717) is 0 Å². The van der Waals surface area contributed by atoms with Crippen molar-refractivity contribution in [2.45, 2.75) is 23.8 Å². The molecule has 1 unspecified atom stereocenters. The molecule has 1 aliphatic carbocycles. The smallest absolute Gasteiger partial charge is 0.326 e. The number of ether oxygens (including phenoxy) is 1. The predicted octanol–water partition coefficient (Wildman–Crippen LogP) is 0.538. The van der Waals surface area contributed by atoms with E-state index in [-0.39, 0.29) is 22.1 Å². The molecule has 1 amide bonds. The highest BCUT2D eigenvalue weighted by atomic mass is 32.2. The summed E-state index contributed by atoms with van der Waals surface area (Å²) in [6, 6.07) is 3.00. The van der Waals surface area contributed by atoms with Gasteiger partial charge in [-0.15, -0.1) is 0 Å². The van der Waals surface area contributed by atoms with Crippen molar-refractivity contribution in [1.82, 2.24) is 9.62 Å². The van der Waals surface area contributed by atoms with Gasteiger partial charge in [-0.25, -0.2) is 17.5 Å². The number of carbonyl (C=O) groups is 2. The van der Waals surface area contributed by atoms with Gasteiger partial charge in [0.25, 0.3) is 5.91 Å². The first-order valence-corrected chi connectivity index (χ1v) is 8.76. The van der Waals surface area contributed by atoms with E-state index in [4.69, 9.17) is 4.74 Å². The number of amides is 1. The summed E-state index contributed by atoms with van der Waals surface area (Å²) in [6.07, 6.45) is 1.50. The zero-order valence-electron chi connectivity index (χ0n) is 13.6. The van der Waals surface area contributed by atoms with E-state index in [9.17, 15) is 23.1 Å². The van der Waals surface area contributed by atoms with Crippen molar-refractivity contribution in [3.8, 4) is 5.75 Å². The monoisotopic (exact) mass is 356 g/mol. The minimum absolute atomic E-state index is 0.0584. The highest BCUT2D eigenvalue weighted by molar-refractivity contribution is 7.89. The van der Waals surface area contributed by atoms with Crippen molar-refractivity contribution < 1.29 is 27.9 Å². The zero-order chi connectivity index (χ0) is 18.1. The molecule has 24 heavy (non-hydrogen) atoms. The highest BCUT2D eigenvalue weighted by Gasteiger charge is 2.37. The molecule has 0 aromatic heterocycles. The molecular weight excluding hydrogens is 336 g/mol. The Balaban J connectivity index is 2.34. The van der Waals surface area contributed by atoms with Crippen LogP contribution in [0.2, 0.25) is 0 Å². The Kier molecular flexibility index (Phi) is 5.14. The largest absolute Gasteiger partial charge is 0.495 e. The lowest BCUT2D eigenvalue weighted by atomic mass is 10.1. The predicted molar refractivity (Wildman–Crippen MR) is 85.5 cm³/mol. The van der Waals surface area contributed by atoms with E-state index in [1.807, 2.05) is 0 Å². The molecule has 1 aromatic carbocycles. The summed E-state index contributed by atoms with van der Waals surface area (Å²) in [5.41, 5.74) is 0.0584. The minimum Gasteiger partial charge on any atom is -0.495 e. The summed E-state index contributed by atoms with van der Waals surface area (Å²) in [7, 11) is 0.258. The molecule has 1 aliphatic rings. The van der Waals surface area contributed by atoms with Crippen LogP contribution in [0.1, 0.15) is 23.2 Å². The van der Waals surface area contributed by atoms with Crippen molar-refractivity contribution in [1.29, 1.82) is 0 Å². The first-order valence-electron chi connectivity index (χ1n) is 7.32. The van der Waals surface area contributed by atoms with Gasteiger partial charge >= 0.3 is 5.97 Å². The number of rotatable bonds is 7. The second kappa shape index (κ2) is 6.78. The van der Waals surface area contributed by atoms with Crippen LogP contribution in [0.5, 0.6) is 5.75 Å². The fourth-order valence-corrected chi connectivity index (χ4v) is 3.33. The molecule has 1 aromatic rings. The Hall–Kier alpha value is -2.13. The fourth-order valence-electron chi connectivity index (χ4n) is 2.25. The third kappa shape index (κ3) is 3.68. The molecule has 0 spiro atoms. The molecule has 0 heterocycles. The molecule has 8 nitrogen and oxygen atoms in total. The van der Waals surface area contributed by atoms with E-state index in [2.05, 4.69) is 5.32 Å². The van der Waals surface area contributed by atoms with Crippen molar-refractivity contribution in [2.24, 2.45) is 5.92 Å². The summed E-state index contributed by atoms with van der Waals surface area (Å²) < 4.78 is 30.8. The molecule has 2 N–H and O–H groups in total. The number of hydrogen-bond donors (Lipinski definition) is 2. The molecular formula is C15H20N2O6S. The summed E-state index contributed by atoms with van der Waals surface area (Å²) in [4.78, 5) is 23.4. The van der Waals surface area contributed by atoms with Gasteiger partial charge in [-0.3, -0.25) is 4.79 Å². The van der Waals surface area contributed by atoms with Crippen molar-refractivity contribution in [2.75, 3.05) is 21.2 Å². The highest BCUT2D eigenvalue weighted by Crippen LogP contribution is 2.33. The topological polar surface area (TPSA) is 113 Å². The molecule has 132 valence electrons. The lowest BCUT2D eigenvalue weighted by Crippen LogP contribution is -2.42. The maximum absolute atomic E-state index is 12.4. The van der Waals surface area contributed by atoms with Crippen LogP contribution in [-0.2, 0) is 14.8 Å². The molecule has 1 fully saturated rings. The van der Waals surface area contributed by atoms with Crippen molar-refractivity contribution >= 4 is 21.9 Å². The second-order valence-electron chi connectivity index (χ2n) is 5.78. The number of nitrogens with one attached hydrogen (secondary N) is 1. The maximum Gasteiger partial charge on any atom is 0.326 e. The SMILES string of the molecule is COc1ccc(C(=O)NC(C(=O)O)C2CC2)cc1S(=O)(=O)N(C)C. The fraction of sp³-hybridized carbons (Fsp3) is 0.467. The Bertz CT molecular complexity index is 755. The van der Waals surface area contributed by atoms with Crippen LogP contribution in [-0.4, -0.2) is 57.0 Å². The zero-order valence-corrected chi connectivity index (χ0v) is 14.5. The molecule has 0 radical (unpaired) electrons. The quantitative estimate of drug-likeness (QED) is 0.737. The second-order valence-corrected chi connectivity index (χ2v) is 7.90. The molecule has 2 rings (SSSR count). The van der Waals surface area contributed by atoms with Crippen LogP contribution in [0.25, 0.3) is 0 Å². The molecule has 9 heteroatoms. The van der Waals surface area contributed by atoms with Crippen LogP contribution in [0, 0.1) is 5.92 Å². The van der Waals surface area contributed by atoms with Crippen LogP contribution in [0.4, 0.5) is 0 Å². The normalized spacial score (nSPS) is 15.8. The van der Waals surface area contributed by atoms with Gasteiger partial charge in [0.1, 0.15) is 16.7 Å². The number of aliphatic carboxylic acids is 1. The Morgan fingerprint density at radius 3 is 2.42 bits per heavy atom. The van der Waals surface area contributed by atoms with E-state index in [0.717, 1.165) is 17.1 Å².